The minimum atomic E-state index is -2.89. The van der Waals surface area contributed by atoms with Crippen molar-refractivity contribution >= 4 is 9.84 Å². The molecule has 1 saturated carbocycles. The van der Waals surface area contributed by atoms with E-state index in [4.69, 9.17) is 10.5 Å². The van der Waals surface area contributed by atoms with Crippen molar-refractivity contribution in [2.75, 3.05) is 31.3 Å². The molecule has 17 heavy (non-hydrogen) atoms. The molecule has 0 saturated heterocycles. The summed E-state index contributed by atoms with van der Waals surface area (Å²) >= 11 is 0. The normalized spacial score (nSPS) is 26.0. The standard InChI is InChI=1S/C12H25NO3S/c1-2-17(14,15)8-7-16-10-12-6-4-3-5-11(12)9-13/h11-12H,2-10,13H2,1H3. The molecule has 4 nitrogen and oxygen atoms in total. The molecule has 0 aromatic heterocycles. The lowest BCUT2D eigenvalue weighted by atomic mass is 9.80. The summed E-state index contributed by atoms with van der Waals surface area (Å²) in [6, 6.07) is 0. The van der Waals surface area contributed by atoms with Crippen molar-refractivity contribution in [3.05, 3.63) is 0 Å². The number of sulfone groups is 1. The highest BCUT2D eigenvalue weighted by Gasteiger charge is 2.23. The number of nitrogens with two attached hydrogens (primary N) is 1. The molecular formula is C12H25NO3S. The molecule has 1 aliphatic rings. The summed E-state index contributed by atoms with van der Waals surface area (Å²) in [5, 5.41) is 0. The van der Waals surface area contributed by atoms with Crippen LogP contribution in [0, 0.1) is 11.8 Å². The van der Waals surface area contributed by atoms with Gasteiger partial charge in [0.2, 0.25) is 0 Å². The average molecular weight is 263 g/mol. The molecule has 0 radical (unpaired) electrons. The van der Waals surface area contributed by atoms with Crippen LogP contribution in [0.2, 0.25) is 0 Å². The van der Waals surface area contributed by atoms with E-state index in [0.29, 0.717) is 25.0 Å². The van der Waals surface area contributed by atoms with Gasteiger partial charge in [-0.25, -0.2) is 8.42 Å². The van der Waals surface area contributed by atoms with Gasteiger partial charge in [-0.05, 0) is 31.2 Å². The first-order chi connectivity index (χ1) is 8.09. The highest BCUT2D eigenvalue weighted by molar-refractivity contribution is 7.91. The summed E-state index contributed by atoms with van der Waals surface area (Å²) in [6.45, 7) is 3.38. The number of rotatable bonds is 7. The van der Waals surface area contributed by atoms with Gasteiger partial charge in [0.15, 0.2) is 9.84 Å². The van der Waals surface area contributed by atoms with Gasteiger partial charge in [0.05, 0.1) is 12.4 Å². The minimum absolute atomic E-state index is 0.142. The Morgan fingerprint density at radius 3 is 2.47 bits per heavy atom. The second-order valence-electron chi connectivity index (χ2n) is 4.85. The second-order valence-corrected chi connectivity index (χ2v) is 7.32. The van der Waals surface area contributed by atoms with Crippen LogP contribution in [-0.4, -0.2) is 39.7 Å². The topological polar surface area (TPSA) is 69.4 Å². The third-order valence-corrected chi connectivity index (χ3v) is 5.35. The van der Waals surface area contributed by atoms with E-state index >= 15 is 0 Å². The number of ether oxygens (including phenoxy) is 1. The first kappa shape index (κ1) is 14.9. The summed E-state index contributed by atoms with van der Waals surface area (Å²) in [5.74, 6) is 1.43. The highest BCUT2D eigenvalue weighted by atomic mass is 32.2. The fourth-order valence-corrected chi connectivity index (χ4v) is 3.04. The van der Waals surface area contributed by atoms with Gasteiger partial charge in [-0.1, -0.05) is 19.8 Å². The van der Waals surface area contributed by atoms with E-state index in [-0.39, 0.29) is 11.5 Å². The lowest BCUT2D eigenvalue weighted by molar-refractivity contribution is 0.0696. The van der Waals surface area contributed by atoms with Gasteiger partial charge in [-0.2, -0.15) is 0 Å². The molecular weight excluding hydrogens is 238 g/mol. The van der Waals surface area contributed by atoms with E-state index in [9.17, 15) is 8.42 Å². The first-order valence-corrected chi connectivity index (χ1v) is 8.39. The molecule has 0 spiro atoms. The molecule has 0 aliphatic heterocycles. The van der Waals surface area contributed by atoms with Crippen LogP contribution in [0.25, 0.3) is 0 Å². The summed E-state index contributed by atoms with van der Waals surface area (Å²) in [7, 11) is -2.89. The monoisotopic (exact) mass is 263 g/mol. The Morgan fingerprint density at radius 1 is 1.24 bits per heavy atom. The fourth-order valence-electron chi connectivity index (χ4n) is 2.38. The van der Waals surface area contributed by atoms with Crippen LogP contribution in [0.5, 0.6) is 0 Å². The van der Waals surface area contributed by atoms with Crippen molar-refractivity contribution in [3.8, 4) is 0 Å². The van der Waals surface area contributed by atoms with Gasteiger partial charge in [0.1, 0.15) is 0 Å². The Bertz CT molecular complexity index is 303. The van der Waals surface area contributed by atoms with E-state index in [2.05, 4.69) is 0 Å². The van der Waals surface area contributed by atoms with Gasteiger partial charge >= 0.3 is 0 Å². The van der Waals surface area contributed by atoms with Crippen molar-refractivity contribution in [1.82, 2.24) is 0 Å². The van der Waals surface area contributed by atoms with Crippen LogP contribution in [-0.2, 0) is 14.6 Å². The molecule has 1 rings (SSSR count). The van der Waals surface area contributed by atoms with E-state index in [0.717, 1.165) is 6.54 Å². The summed E-state index contributed by atoms with van der Waals surface area (Å²) in [6.07, 6.45) is 4.88. The van der Waals surface area contributed by atoms with Gasteiger partial charge < -0.3 is 10.5 Å². The first-order valence-electron chi connectivity index (χ1n) is 6.57. The molecule has 5 heteroatoms. The SMILES string of the molecule is CCS(=O)(=O)CCOCC1CCCCC1CN. The van der Waals surface area contributed by atoms with E-state index < -0.39 is 9.84 Å². The van der Waals surface area contributed by atoms with Crippen LogP contribution < -0.4 is 5.73 Å². The zero-order valence-corrected chi connectivity index (χ0v) is 11.5. The lowest BCUT2D eigenvalue weighted by Gasteiger charge is -2.30. The fraction of sp³-hybridized carbons (Fsp3) is 1.00. The van der Waals surface area contributed by atoms with E-state index in [1.807, 2.05) is 0 Å². The van der Waals surface area contributed by atoms with Gasteiger partial charge in [0.25, 0.3) is 0 Å². The molecule has 0 amide bonds. The predicted octanol–water partition coefficient (Wildman–Crippen LogP) is 1.20. The summed E-state index contributed by atoms with van der Waals surface area (Å²) < 4.78 is 28.0. The third kappa shape index (κ3) is 5.36. The maximum atomic E-state index is 11.3. The van der Waals surface area contributed by atoms with Crippen molar-refractivity contribution in [2.24, 2.45) is 17.6 Å². The zero-order chi connectivity index (χ0) is 12.7. The molecule has 0 bridgehead atoms. The Balaban J connectivity index is 2.21. The maximum absolute atomic E-state index is 11.3. The van der Waals surface area contributed by atoms with Crippen molar-refractivity contribution in [3.63, 3.8) is 0 Å². The Hall–Kier alpha value is -0.130. The lowest BCUT2D eigenvalue weighted by Crippen LogP contribution is -2.30. The van der Waals surface area contributed by atoms with Crippen LogP contribution in [0.4, 0.5) is 0 Å². The van der Waals surface area contributed by atoms with Gasteiger partial charge in [-0.15, -0.1) is 0 Å². The molecule has 0 aromatic rings. The average Bonchev–Trinajstić information content (AvgIpc) is 2.35. The smallest absolute Gasteiger partial charge is 0.152 e. The minimum Gasteiger partial charge on any atom is -0.380 e. The number of hydrogen-bond donors (Lipinski definition) is 1. The zero-order valence-electron chi connectivity index (χ0n) is 10.7. The molecule has 2 atom stereocenters. The summed E-state index contributed by atoms with van der Waals surface area (Å²) in [4.78, 5) is 0. The Morgan fingerprint density at radius 2 is 1.88 bits per heavy atom. The molecule has 2 unspecified atom stereocenters. The Kier molecular flexibility index (Phi) is 6.44. The molecule has 2 N–H and O–H groups in total. The second kappa shape index (κ2) is 7.34. The maximum Gasteiger partial charge on any atom is 0.152 e. The highest BCUT2D eigenvalue weighted by Crippen LogP contribution is 2.29. The summed E-state index contributed by atoms with van der Waals surface area (Å²) in [5.41, 5.74) is 5.74. The Labute approximate surface area is 105 Å². The van der Waals surface area contributed by atoms with Crippen LogP contribution >= 0.6 is 0 Å². The largest absolute Gasteiger partial charge is 0.380 e. The molecule has 1 fully saturated rings. The van der Waals surface area contributed by atoms with Crippen LogP contribution in [0.15, 0.2) is 0 Å². The van der Waals surface area contributed by atoms with Crippen molar-refractivity contribution < 1.29 is 13.2 Å². The van der Waals surface area contributed by atoms with E-state index in [1.54, 1.807) is 6.92 Å². The van der Waals surface area contributed by atoms with Gasteiger partial charge in [-0.3, -0.25) is 0 Å². The van der Waals surface area contributed by atoms with Crippen molar-refractivity contribution in [1.29, 1.82) is 0 Å². The van der Waals surface area contributed by atoms with Gasteiger partial charge in [0, 0.05) is 12.4 Å². The molecule has 0 aromatic carbocycles. The van der Waals surface area contributed by atoms with E-state index in [1.165, 1.54) is 25.7 Å². The quantitative estimate of drug-likeness (QED) is 0.701. The molecule has 0 heterocycles. The molecule has 102 valence electrons. The third-order valence-electron chi connectivity index (χ3n) is 3.68. The number of hydrogen-bond acceptors (Lipinski definition) is 4. The van der Waals surface area contributed by atoms with Crippen LogP contribution in [0.1, 0.15) is 32.6 Å². The molecule has 1 aliphatic carbocycles. The van der Waals surface area contributed by atoms with Crippen molar-refractivity contribution in [2.45, 2.75) is 32.6 Å². The van der Waals surface area contributed by atoms with Crippen LogP contribution in [0.3, 0.4) is 0 Å². The predicted molar refractivity (Wildman–Crippen MR) is 69.6 cm³/mol.